The number of hydrogen-bond donors (Lipinski definition) is 3. The maximum Gasteiger partial charge on any atom is 0.303 e. The molecule has 11 heteroatoms. The molecule has 0 saturated heterocycles. The summed E-state index contributed by atoms with van der Waals surface area (Å²) < 4.78 is 13.1. The number of hydrogen-bond acceptors (Lipinski definition) is 8. The molecule has 35 heavy (non-hydrogen) atoms. The first kappa shape index (κ1) is 25.7. The first-order valence-corrected chi connectivity index (χ1v) is 11.0. The molecule has 0 spiro atoms. The van der Waals surface area contributed by atoms with Crippen molar-refractivity contribution in [3.63, 3.8) is 0 Å². The van der Waals surface area contributed by atoms with E-state index in [9.17, 15) is 4.79 Å². The number of carboxylic acid groups (broad SMARTS) is 1. The molecule has 10 nitrogen and oxygen atoms in total. The number of fused-ring (bicyclic) bond motifs is 1. The Hall–Kier alpha value is -3.89. The van der Waals surface area contributed by atoms with Crippen LogP contribution in [0.3, 0.4) is 0 Å². The minimum atomic E-state index is -0.828. The number of imidazole rings is 1. The van der Waals surface area contributed by atoms with Gasteiger partial charge in [0.1, 0.15) is 23.3 Å². The number of carboxylic acids is 1. The van der Waals surface area contributed by atoms with Gasteiger partial charge in [0.05, 0.1) is 19.4 Å². The minimum Gasteiger partial charge on any atom is -0.494 e. The van der Waals surface area contributed by atoms with Crippen molar-refractivity contribution in [3.05, 3.63) is 61.1 Å². The highest BCUT2D eigenvalue weighted by Gasteiger charge is 2.09. The van der Waals surface area contributed by atoms with Crippen molar-refractivity contribution in [2.75, 3.05) is 25.1 Å². The Morgan fingerprint density at radius 2 is 1.63 bits per heavy atom. The van der Waals surface area contributed by atoms with Gasteiger partial charge in [-0.3, -0.25) is 9.36 Å². The molecule has 0 aliphatic heterocycles. The number of aromatic nitrogens is 4. The molecule has 4 aromatic rings. The van der Waals surface area contributed by atoms with Crippen LogP contribution < -0.4 is 20.5 Å². The number of benzene rings is 2. The van der Waals surface area contributed by atoms with Gasteiger partial charge in [-0.05, 0) is 67.9 Å². The summed E-state index contributed by atoms with van der Waals surface area (Å²) in [7, 11) is 0. The molecule has 0 bridgehead atoms. The largest absolute Gasteiger partial charge is 0.494 e. The molecule has 0 saturated carbocycles. The van der Waals surface area contributed by atoms with Gasteiger partial charge >= 0.3 is 5.97 Å². The maximum absolute atomic E-state index is 10.6. The van der Waals surface area contributed by atoms with Crippen molar-refractivity contribution in [2.24, 2.45) is 5.73 Å². The second-order valence-electron chi connectivity index (χ2n) is 7.50. The van der Waals surface area contributed by atoms with E-state index in [0.717, 1.165) is 23.5 Å². The van der Waals surface area contributed by atoms with Gasteiger partial charge < -0.3 is 25.6 Å². The molecule has 2 aromatic heterocycles. The van der Waals surface area contributed by atoms with E-state index < -0.39 is 5.97 Å². The number of nitrogens with zero attached hydrogens (tertiary/aromatic N) is 4. The predicted molar refractivity (Wildman–Crippen MR) is 135 cm³/mol. The van der Waals surface area contributed by atoms with Gasteiger partial charge in [0.15, 0.2) is 5.65 Å². The highest BCUT2D eigenvalue weighted by molar-refractivity contribution is 5.85. The third-order valence-electron chi connectivity index (χ3n) is 4.94. The minimum absolute atomic E-state index is 0. The summed E-state index contributed by atoms with van der Waals surface area (Å²) in [5.74, 6) is 1.07. The summed E-state index contributed by atoms with van der Waals surface area (Å²) in [5, 5.41) is 11.9. The predicted octanol–water partition coefficient (Wildman–Crippen LogP) is 3.95. The van der Waals surface area contributed by atoms with Gasteiger partial charge in [-0.15, -0.1) is 12.4 Å². The lowest BCUT2D eigenvalue weighted by molar-refractivity contribution is -0.137. The molecule has 0 unspecified atom stereocenters. The quantitative estimate of drug-likeness (QED) is 0.248. The van der Waals surface area contributed by atoms with E-state index in [1.165, 1.54) is 0 Å². The van der Waals surface area contributed by atoms with E-state index in [4.69, 9.17) is 20.3 Å². The SMILES string of the molecule is Cl.NCCCOc1ccc(Nc2ncc3ncn(-c4ccc(OCCCC(=O)O)cc4)c3n2)cc1. The number of rotatable bonds is 12. The molecular weight excluding hydrogens is 472 g/mol. The average molecular weight is 499 g/mol. The van der Waals surface area contributed by atoms with Gasteiger partial charge in [-0.1, -0.05) is 0 Å². The average Bonchev–Trinajstić information content (AvgIpc) is 3.27. The molecule has 4 rings (SSSR count). The van der Waals surface area contributed by atoms with Crippen molar-refractivity contribution in [1.29, 1.82) is 0 Å². The smallest absolute Gasteiger partial charge is 0.303 e. The van der Waals surface area contributed by atoms with Crippen LogP contribution in [0.1, 0.15) is 19.3 Å². The molecule has 0 atom stereocenters. The van der Waals surface area contributed by atoms with E-state index in [-0.39, 0.29) is 18.8 Å². The molecular formula is C24H27ClN6O4. The fourth-order valence-corrected chi connectivity index (χ4v) is 3.21. The molecule has 0 amide bonds. The Balaban J connectivity index is 0.00000342. The number of halogens is 1. The molecule has 2 heterocycles. The van der Waals surface area contributed by atoms with Crippen LogP contribution in [0, 0.1) is 0 Å². The third kappa shape index (κ3) is 7.05. The molecule has 0 aliphatic carbocycles. The first-order valence-electron chi connectivity index (χ1n) is 11.0. The zero-order valence-corrected chi connectivity index (χ0v) is 19.8. The third-order valence-corrected chi connectivity index (χ3v) is 4.94. The molecule has 0 aliphatic rings. The Morgan fingerprint density at radius 3 is 2.29 bits per heavy atom. The van der Waals surface area contributed by atoms with Crippen LogP contribution in [0.4, 0.5) is 11.6 Å². The van der Waals surface area contributed by atoms with Crippen LogP contribution in [0.2, 0.25) is 0 Å². The van der Waals surface area contributed by atoms with Crippen molar-refractivity contribution in [3.8, 4) is 17.2 Å². The van der Waals surface area contributed by atoms with Crippen LogP contribution in [-0.4, -0.2) is 50.4 Å². The Kier molecular flexibility index (Phi) is 9.22. The van der Waals surface area contributed by atoms with Gasteiger partial charge in [-0.25, -0.2) is 9.97 Å². The fourth-order valence-electron chi connectivity index (χ4n) is 3.21. The summed E-state index contributed by atoms with van der Waals surface area (Å²) in [4.78, 5) is 24.0. The lowest BCUT2D eigenvalue weighted by Crippen LogP contribution is -2.06. The molecule has 4 N–H and O–H groups in total. The lowest BCUT2D eigenvalue weighted by Gasteiger charge is -2.09. The summed E-state index contributed by atoms with van der Waals surface area (Å²) >= 11 is 0. The van der Waals surface area contributed by atoms with Crippen LogP contribution in [0.5, 0.6) is 11.5 Å². The Morgan fingerprint density at radius 1 is 0.971 bits per heavy atom. The summed E-state index contributed by atoms with van der Waals surface area (Å²) in [6.07, 6.45) is 4.72. The Labute approximate surface area is 208 Å². The number of carbonyl (C=O) groups is 1. The van der Waals surface area contributed by atoms with Crippen molar-refractivity contribution >= 4 is 41.2 Å². The number of ether oxygens (including phenoxy) is 2. The second-order valence-corrected chi connectivity index (χ2v) is 7.50. The van der Waals surface area contributed by atoms with E-state index in [2.05, 4.69) is 20.3 Å². The topological polar surface area (TPSA) is 137 Å². The molecule has 0 fully saturated rings. The number of aliphatic carboxylic acids is 1. The van der Waals surface area contributed by atoms with Gasteiger partial charge in [-0.2, -0.15) is 4.98 Å². The second kappa shape index (κ2) is 12.5. The first-order chi connectivity index (χ1) is 16.6. The van der Waals surface area contributed by atoms with Crippen molar-refractivity contribution in [1.82, 2.24) is 19.5 Å². The highest BCUT2D eigenvalue weighted by Crippen LogP contribution is 2.22. The summed E-state index contributed by atoms with van der Waals surface area (Å²) in [6.45, 7) is 1.54. The van der Waals surface area contributed by atoms with Crippen LogP contribution in [0.25, 0.3) is 16.9 Å². The highest BCUT2D eigenvalue weighted by atomic mass is 35.5. The number of nitrogens with one attached hydrogen (secondary N) is 1. The van der Waals surface area contributed by atoms with Gasteiger partial charge in [0.2, 0.25) is 5.95 Å². The summed E-state index contributed by atoms with van der Waals surface area (Å²) in [6, 6.07) is 15.0. The van der Waals surface area contributed by atoms with E-state index in [0.29, 0.717) is 49.0 Å². The van der Waals surface area contributed by atoms with Crippen molar-refractivity contribution in [2.45, 2.75) is 19.3 Å². The number of nitrogens with two attached hydrogens (primary N) is 1. The van der Waals surface area contributed by atoms with Crippen LogP contribution in [-0.2, 0) is 4.79 Å². The van der Waals surface area contributed by atoms with Gasteiger partial charge in [0, 0.05) is 17.8 Å². The molecule has 184 valence electrons. The Bertz CT molecular complexity index is 1230. The van der Waals surface area contributed by atoms with E-state index >= 15 is 0 Å². The fraction of sp³-hybridized carbons (Fsp3) is 0.250. The van der Waals surface area contributed by atoms with Gasteiger partial charge in [0.25, 0.3) is 0 Å². The maximum atomic E-state index is 10.6. The summed E-state index contributed by atoms with van der Waals surface area (Å²) in [5.41, 5.74) is 8.52. The van der Waals surface area contributed by atoms with E-state index in [1.54, 1.807) is 12.5 Å². The zero-order valence-electron chi connectivity index (χ0n) is 19.0. The number of anilines is 2. The normalized spacial score (nSPS) is 10.5. The molecule has 0 radical (unpaired) electrons. The monoisotopic (exact) mass is 498 g/mol. The lowest BCUT2D eigenvalue weighted by atomic mass is 10.3. The zero-order chi connectivity index (χ0) is 23.8. The van der Waals surface area contributed by atoms with Crippen LogP contribution >= 0.6 is 12.4 Å². The standard InChI is InChI=1S/C24H26N6O4.ClH/c25-12-2-14-34-19-8-4-17(5-9-19)28-24-26-15-21-23(29-24)30(16-27-21)18-6-10-20(11-7-18)33-13-1-3-22(31)32;/h4-11,15-16H,1-3,12-14,25H2,(H,31,32)(H,26,28,29);1H. The van der Waals surface area contributed by atoms with Crippen LogP contribution in [0.15, 0.2) is 61.1 Å². The van der Waals surface area contributed by atoms with Crippen molar-refractivity contribution < 1.29 is 19.4 Å². The van der Waals surface area contributed by atoms with E-state index in [1.807, 2.05) is 53.1 Å². The molecule has 2 aromatic carbocycles.